The third-order valence-electron chi connectivity index (χ3n) is 4.95. The topological polar surface area (TPSA) is 81.7 Å². The zero-order valence-electron chi connectivity index (χ0n) is 16.5. The van der Waals surface area contributed by atoms with Crippen molar-refractivity contribution >= 4 is 28.9 Å². The fourth-order valence-corrected chi connectivity index (χ4v) is 3.26. The molecule has 2 aromatic carbocycles. The number of nitrogens with zero attached hydrogens (tertiary/aromatic N) is 1. The van der Waals surface area contributed by atoms with Crippen LogP contribution in [0.1, 0.15) is 34.8 Å². The Labute approximate surface area is 171 Å². The zero-order valence-corrected chi connectivity index (χ0v) is 16.5. The minimum atomic E-state index is -4.57. The molecule has 0 saturated carbocycles. The van der Waals surface area contributed by atoms with E-state index in [4.69, 9.17) is 0 Å². The number of aryl methyl sites for hydroxylation is 1. The van der Waals surface area contributed by atoms with Crippen LogP contribution >= 0.6 is 0 Å². The van der Waals surface area contributed by atoms with E-state index in [1.165, 1.54) is 4.90 Å². The van der Waals surface area contributed by atoms with Gasteiger partial charge in [0.15, 0.2) is 0 Å². The maximum atomic E-state index is 13.1. The average Bonchev–Trinajstić information content (AvgIpc) is 2.70. The number of nitrogens with one attached hydrogen (secondary N) is 2. The molecule has 1 heterocycles. The minimum Gasteiger partial charge on any atom is -0.394 e. The molecule has 0 fully saturated rings. The van der Waals surface area contributed by atoms with Gasteiger partial charge < -0.3 is 20.6 Å². The molecule has 30 heavy (non-hydrogen) atoms. The van der Waals surface area contributed by atoms with Gasteiger partial charge in [-0.1, -0.05) is 6.07 Å². The van der Waals surface area contributed by atoms with Crippen LogP contribution in [0.4, 0.5) is 30.2 Å². The standard InChI is InChI=1S/C21H22F3N3O3/c1-12(11-28)25-17-9-14(21(22,23)24)5-7-16(17)20(30)26-15-6-3-13-4-8-19(29)27(2)18(13)10-15/h3,5-7,9-10,12,25,28H,4,8,11H2,1-2H3,(H,26,30)/t12-/m0/s1. The van der Waals surface area contributed by atoms with Crippen LogP contribution in [0.3, 0.4) is 0 Å². The summed E-state index contributed by atoms with van der Waals surface area (Å²) in [5, 5.41) is 14.6. The first-order chi connectivity index (χ1) is 14.1. The van der Waals surface area contributed by atoms with Crippen molar-refractivity contribution in [3.8, 4) is 0 Å². The maximum Gasteiger partial charge on any atom is 0.416 e. The minimum absolute atomic E-state index is 0.00505. The van der Waals surface area contributed by atoms with Crippen molar-refractivity contribution in [1.29, 1.82) is 0 Å². The van der Waals surface area contributed by atoms with Crippen molar-refractivity contribution in [2.45, 2.75) is 32.0 Å². The molecule has 0 bridgehead atoms. The van der Waals surface area contributed by atoms with Gasteiger partial charge in [-0.15, -0.1) is 0 Å². The highest BCUT2D eigenvalue weighted by atomic mass is 19.4. The van der Waals surface area contributed by atoms with E-state index in [2.05, 4.69) is 10.6 Å². The number of anilines is 3. The molecule has 0 radical (unpaired) electrons. The third kappa shape index (κ3) is 4.56. The molecule has 1 aliphatic rings. The summed E-state index contributed by atoms with van der Waals surface area (Å²) in [6.07, 6.45) is -3.54. The average molecular weight is 421 g/mol. The fourth-order valence-electron chi connectivity index (χ4n) is 3.26. The third-order valence-corrected chi connectivity index (χ3v) is 4.95. The Bertz CT molecular complexity index is 976. The molecule has 0 spiro atoms. The Hall–Kier alpha value is -3.07. The number of alkyl halides is 3. The number of aliphatic hydroxyl groups is 1. The van der Waals surface area contributed by atoms with Crippen LogP contribution < -0.4 is 15.5 Å². The van der Waals surface area contributed by atoms with Crippen molar-refractivity contribution in [1.82, 2.24) is 0 Å². The highest BCUT2D eigenvalue weighted by molar-refractivity contribution is 6.08. The van der Waals surface area contributed by atoms with Crippen molar-refractivity contribution in [2.24, 2.45) is 0 Å². The summed E-state index contributed by atoms with van der Waals surface area (Å²) in [6, 6.07) is 7.39. The van der Waals surface area contributed by atoms with Gasteiger partial charge in [-0.3, -0.25) is 9.59 Å². The number of hydrogen-bond donors (Lipinski definition) is 3. The van der Waals surface area contributed by atoms with Crippen LogP contribution in [0.25, 0.3) is 0 Å². The number of carbonyl (C=O) groups is 2. The molecule has 0 aliphatic carbocycles. The van der Waals surface area contributed by atoms with Gasteiger partial charge in [-0.2, -0.15) is 13.2 Å². The monoisotopic (exact) mass is 421 g/mol. The Balaban J connectivity index is 1.90. The van der Waals surface area contributed by atoms with Crippen LogP contribution in [0.15, 0.2) is 36.4 Å². The number of aliphatic hydroxyl groups excluding tert-OH is 1. The van der Waals surface area contributed by atoms with E-state index in [1.807, 2.05) is 6.07 Å². The molecular weight excluding hydrogens is 399 g/mol. The lowest BCUT2D eigenvalue weighted by Gasteiger charge is -2.26. The molecule has 2 aromatic rings. The molecular formula is C21H22F3N3O3. The Morgan fingerprint density at radius 2 is 1.93 bits per heavy atom. The number of hydrogen-bond acceptors (Lipinski definition) is 4. The van der Waals surface area contributed by atoms with E-state index in [-0.39, 0.29) is 23.8 Å². The Kier molecular flexibility index (Phi) is 6.02. The normalized spacial score (nSPS) is 14.9. The summed E-state index contributed by atoms with van der Waals surface area (Å²) in [7, 11) is 1.65. The van der Waals surface area contributed by atoms with Crippen LogP contribution in [-0.4, -0.2) is 36.6 Å². The first kappa shape index (κ1) is 21.6. The van der Waals surface area contributed by atoms with E-state index in [1.54, 1.807) is 26.1 Å². The van der Waals surface area contributed by atoms with Crippen LogP contribution in [0.5, 0.6) is 0 Å². The molecule has 0 saturated heterocycles. The van der Waals surface area contributed by atoms with Gasteiger partial charge >= 0.3 is 6.18 Å². The quantitative estimate of drug-likeness (QED) is 0.688. The van der Waals surface area contributed by atoms with E-state index < -0.39 is 23.7 Å². The number of amides is 2. The Morgan fingerprint density at radius 3 is 2.60 bits per heavy atom. The van der Waals surface area contributed by atoms with E-state index in [0.29, 0.717) is 24.2 Å². The second-order valence-corrected chi connectivity index (χ2v) is 7.24. The number of fused-ring (bicyclic) bond motifs is 1. The number of carbonyl (C=O) groups excluding carboxylic acids is 2. The van der Waals surface area contributed by atoms with E-state index >= 15 is 0 Å². The molecule has 160 valence electrons. The molecule has 6 nitrogen and oxygen atoms in total. The van der Waals surface area contributed by atoms with Gasteiger partial charge in [0, 0.05) is 36.6 Å². The SMILES string of the molecule is C[C@@H](CO)Nc1cc(C(F)(F)F)ccc1C(=O)Nc1ccc2c(c1)N(C)C(=O)CC2. The van der Waals surface area contributed by atoms with E-state index in [9.17, 15) is 27.9 Å². The maximum absolute atomic E-state index is 13.1. The molecule has 0 aromatic heterocycles. The lowest BCUT2D eigenvalue weighted by atomic mass is 10.0. The molecule has 3 rings (SSSR count). The predicted molar refractivity (Wildman–Crippen MR) is 108 cm³/mol. The molecule has 2 amide bonds. The number of rotatable bonds is 5. The highest BCUT2D eigenvalue weighted by Gasteiger charge is 2.32. The van der Waals surface area contributed by atoms with Gasteiger partial charge in [-0.05, 0) is 49.2 Å². The van der Waals surface area contributed by atoms with E-state index in [0.717, 1.165) is 23.8 Å². The van der Waals surface area contributed by atoms with Crippen molar-refractivity contribution in [3.63, 3.8) is 0 Å². The van der Waals surface area contributed by atoms with Gasteiger partial charge in [0.1, 0.15) is 0 Å². The molecule has 3 N–H and O–H groups in total. The van der Waals surface area contributed by atoms with Crippen LogP contribution in [0, 0.1) is 0 Å². The lowest BCUT2D eigenvalue weighted by molar-refractivity contribution is -0.137. The first-order valence-electron chi connectivity index (χ1n) is 9.39. The first-order valence-corrected chi connectivity index (χ1v) is 9.39. The summed E-state index contributed by atoms with van der Waals surface area (Å²) >= 11 is 0. The number of halogens is 3. The summed E-state index contributed by atoms with van der Waals surface area (Å²) < 4.78 is 39.3. The van der Waals surface area contributed by atoms with Gasteiger partial charge in [-0.25, -0.2) is 0 Å². The molecule has 0 unspecified atom stereocenters. The second kappa shape index (κ2) is 8.35. The lowest BCUT2D eigenvalue weighted by Crippen LogP contribution is -2.31. The molecule has 1 aliphatic heterocycles. The molecule has 1 atom stereocenters. The fraction of sp³-hybridized carbons (Fsp3) is 0.333. The summed E-state index contributed by atoms with van der Waals surface area (Å²) in [4.78, 5) is 26.2. The van der Waals surface area contributed by atoms with Crippen LogP contribution in [0.2, 0.25) is 0 Å². The van der Waals surface area contributed by atoms with Gasteiger partial charge in [0.25, 0.3) is 5.91 Å². The zero-order chi connectivity index (χ0) is 22.1. The summed E-state index contributed by atoms with van der Waals surface area (Å²) in [5.41, 5.74) is 1.15. The van der Waals surface area contributed by atoms with Gasteiger partial charge in [0.05, 0.1) is 17.7 Å². The van der Waals surface area contributed by atoms with Crippen molar-refractivity contribution in [3.05, 3.63) is 53.1 Å². The highest BCUT2D eigenvalue weighted by Crippen LogP contribution is 2.33. The summed E-state index contributed by atoms with van der Waals surface area (Å²) in [5.74, 6) is -0.640. The predicted octanol–water partition coefficient (Wildman–Crippen LogP) is 3.66. The van der Waals surface area contributed by atoms with Crippen molar-refractivity contribution in [2.75, 3.05) is 29.2 Å². The van der Waals surface area contributed by atoms with Gasteiger partial charge in [0.2, 0.25) is 5.91 Å². The van der Waals surface area contributed by atoms with Crippen molar-refractivity contribution < 1.29 is 27.9 Å². The largest absolute Gasteiger partial charge is 0.416 e. The smallest absolute Gasteiger partial charge is 0.394 e. The van der Waals surface area contributed by atoms with Crippen LogP contribution in [-0.2, 0) is 17.4 Å². The molecule has 9 heteroatoms. The number of benzene rings is 2. The summed E-state index contributed by atoms with van der Waals surface area (Å²) in [6.45, 7) is 1.26. The Morgan fingerprint density at radius 1 is 1.20 bits per heavy atom. The second-order valence-electron chi connectivity index (χ2n) is 7.24.